The van der Waals surface area contributed by atoms with Gasteiger partial charge in [-0.1, -0.05) is 32.9 Å². The van der Waals surface area contributed by atoms with Gasteiger partial charge in [-0.05, 0) is 74.1 Å². The van der Waals surface area contributed by atoms with Crippen LogP contribution in [0.25, 0.3) is 5.76 Å². The van der Waals surface area contributed by atoms with Gasteiger partial charge in [0.05, 0.1) is 24.8 Å². The molecule has 1 N–H and O–H groups in total. The van der Waals surface area contributed by atoms with Gasteiger partial charge in [0.25, 0.3) is 11.7 Å². The van der Waals surface area contributed by atoms with Gasteiger partial charge in [0.15, 0.2) is 0 Å². The number of benzene rings is 2. The maximum absolute atomic E-state index is 13.2. The molecule has 1 amide bonds. The molecule has 1 unspecified atom stereocenters. The molecule has 2 aromatic rings. The molecule has 1 atom stereocenters. The van der Waals surface area contributed by atoms with Crippen molar-refractivity contribution in [1.29, 1.82) is 0 Å². The first kappa shape index (κ1) is 25.3. The van der Waals surface area contributed by atoms with Crippen LogP contribution in [-0.4, -0.2) is 41.5 Å². The summed E-state index contributed by atoms with van der Waals surface area (Å²) >= 11 is 0. The molecule has 2 aromatic carbocycles. The first-order chi connectivity index (χ1) is 16.1. The smallest absolute Gasteiger partial charge is 0.295 e. The zero-order valence-corrected chi connectivity index (χ0v) is 21.1. The summed E-state index contributed by atoms with van der Waals surface area (Å²) in [5, 5.41) is 11.5. The molecule has 0 radical (unpaired) electrons. The van der Waals surface area contributed by atoms with Crippen molar-refractivity contribution in [2.75, 3.05) is 13.7 Å². The Morgan fingerprint density at radius 3 is 2.26 bits per heavy atom. The number of carbonyl (C=O) groups is 2. The van der Waals surface area contributed by atoms with E-state index in [-0.39, 0.29) is 23.4 Å². The number of ether oxygens (including phenoxy) is 2. The van der Waals surface area contributed by atoms with E-state index in [1.807, 2.05) is 77.9 Å². The summed E-state index contributed by atoms with van der Waals surface area (Å²) in [6, 6.07) is 10.4. The van der Waals surface area contributed by atoms with Crippen LogP contribution in [0.4, 0.5) is 0 Å². The highest BCUT2D eigenvalue weighted by Gasteiger charge is 2.45. The van der Waals surface area contributed by atoms with Gasteiger partial charge in [0.1, 0.15) is 17.3 Å². The van der Waals surface area contributed by atoms with Gasteiger partial charge in [-0.15, -0.1) is 0 Å². The molecule has 1 aliphatic rings. The van der Waals surface area contributed by atoms with Gasteiger partial charge in [-0.25, -0.2) is 0 Å². The van der Waals surface area contributed by atoms with Crippen molar-refractivity contribution in [3.05, 3.63) is 64.2 Å². The van der Waals surface area contributed by atoms with E-state index in [1.54, 1.807) is 12.0 Å². The Balaban J connectivity index is 2.19. The number of ketones is 1. The normalized spacial score (nSPS) is 17.7. The highest BCUT2D eigenvalue weighted by Crippen LogP contribution is 2.41. The van der Waals surface area contributed by atoms with Gasteiger partial charge >= 0.3 is 0 Å². The monoisotopic (exact) mass is 465 g/mol. The van der Waals surface area contributed by atoms with Crippen molar-refractivity contribution in [3.63, 3.8) is 0 Å². The lowest BCUT2D eigenvalue weighted by Gasteiger charge is -2.25. The predicted molar refractivity (Wildman–Crippen MR) is 133 cm³/mol. The van der Waals surface area contributed by atoms with Gasteiger partial charge in [-0.2, -0.15) is 0 Å². The molecule has 34 heavy (non-hydrogen) atoms. The lowest BCUT2D eigenvalue weighted by molar-refractivity contribution is -0.139. The molecule has 0 spiro atoms. The summed E-state index contributed by atoms with van der Waals surface area (Å²) in [5.74, 6) is 0.165. The number of nitrogens with zero attached hydrogens (tertiary/aromatic N) is 1. The van der Waals surface area contributed by atoms with Crippen molar-refractivity contribution in [3.8, 4) is 11.5 Å². The minimum atomic E-state index is -0.669. The van der Waals surface area contributed by atoms with Crippen LogP contribution in [0.2, 0.25) is 0 Å². The van der Waals surface area contributed by atoms with Gasteiger partial charge < -0.3 is 19.5 Å². The minimum Gasteiger partial charge on any atom is -0.507 e. The number of rotatable bonds is 8. The van der Waals surface area contributed by atoms with Crippen LogP contribution in [0.3, 0.4) is 0 Å². The number of Topliss-reactive ketones (excluding diaryl/α,β-unsaturated/α-hetero) is 1. The topological polar surface area (TPSA) is 76.1 Å². The third kappa shape index (κ3) is 4.81. The summed E-state index contributed by atoms with van der Waals surface area (Å²) in [6.45, 7) is 12.2. The van der Waals surface area contributed by atoms with E-state index in [2.05, 4.69) is 0 Å². The average Bonchev–Trinajstić information content (AvgIpc) is 3.03. The molecular formula is C28H35NO5. The van der Waals surface area contributed by atoms with Crippen LogP contribution >= 0.6 is 0 Å². The van der Waals surface area contributed by atoms with Crippen molar-refractivity contribution in [2.45, 2.75) is 66.0 Å². The molecule has 0 bridgehead atoms. The summed E-state index contributed by atoms with van der Waals surface area (Å²) in [5.41, 5.74) is 3.08. The van der Waals surface area contributed by atoms with E-state index in [1.165, 1.54) is 0 Å². The third-order valence-electron chi connectivity index (χ3n) is 6.03. The van der Waals surface area contributed by atoms with Crippen LogP contribution in [0.15, 0.2) is 42.0 Å². The van der Waals surface area contributed by atoms with Gasteiger partial charge in [-0.3, -0.25) is 9.59 Å². The molecule has 182 valence electrons. The Morgan fingerprint density at radius 1 is 1.09 bits per heavy atom. The fourth-order valence-corrected chi connectivity index (χ4v) is 4.43. The second-order valence-corrected chi connectivity index (χ2v) is 9.29. The molecule has 0 saturated carbocycles. The number of aliphatic hydroxyl groups is 1. The van der Waals surface area contributed by atoms with E-state index in [0.717, 1.165) is 22.4 Å². The van der Waals surface area contributed by atoms with E-state index >= 15 is 0 Å². The van der Waals surface area contributed by atoms with Crippen molar-refractivity contribution in [2.24, 2.45) is 0 Å². The number of methoxy groups -OCH3 is 1. The number of hydrogen-bond acceptors (Lipinski definition) is 5. The molecule has 0 aliphatic carbocycles. The Labute approximate surface area is 202 Å². The minimum absolute atomic E-state index is 0.0322. The van der Waals surface area contributed by atoms with Crippen LogP contribution in [0, 0.1) is 6.92 Å². The number of hydrogen-bond donors (Lipinski definition) is 1. The largest absolute Gasteiger partial charge is 0.507 e. The molecule has 1 heterocycles. The predicted octanol–water partition coefficient (Wildman–Crippen LogP) is 5.75. The maximum Gasteiger partial charge on any atom is 0.295 e. The Bertz CT molecular complexity index is 1100. The van der Waals surface area contributed by atoms with E-state index in [4.69, 9.17) is 9.47 Å². The van der Waals surface area contributed by atoms with Crippen LogP contribution in [-0.2, 0) is 9.59 Å². The van der Waals surface area contributed by atoms with Crippen molar-refractivity contribution < 1.29 is 24.2 Å². The average molecular weight is 466 g/mol. The fourth-order valence-electron chi connectivity index (χ4n) is 4.43. The Kier molecular flexibility index (Phi) is 7.70. The second kappa shape index (κ2) is 10.3. The summed E-state index contributed by atoms with van der Waals surface area (Å²) in [7, 11) is 1.61. The molecule has 1 fully saturated rings. The van der Waals surface area contributed by atoms with Crippen molar-refractivity contribution in [1.82, 2.24) is 4.90 Å². The van der Waals surface area contributed by atoms with E-state index in [9.17, 15) is 14.7 Å². The van der Waals surface area contributed by atoms with Crippen LogP contribution < -0.4 is 9.47 Å². The Morgan fingerprint density at radius 2 is 1.74 bits per heavy atom. The maximum atomic E-state index is 13.2. The fraction of sp³-hybridized carbons (Fsp3) is 0.429. The van der Waals surface area contributed by atoms with Crippen molar-refractivity contribution >= 4 is 17.4 Å². The highest BCUT2D eigenvalue weighted by atomic mass is 16.5. The van der Waals surface area contributed by atoms with Gasteiger partial charge in [0.2, 0.25) is 0 Å². The number of carbonyl (C=O) groups excluding carboxylic acids is 2. The van der Waals surface area contributed by atoms with E-state index in [0.29, 0.717) is 24.3 Å². The highest BCUT2D eigenvalue weighted by molar-refractivity contribution is 6.46. The zero-order chi connectivity index (χ0) is 25.2. The van der Waals surface area contributed by atoms with Crippen LogP contribution in [0.1, 0.15) is 75.3 Å². The quantitative estimate of drug-likeness (QED) is 0.305. The summed E-state index contributed by atoms with van der Waals surface area (Å²) in [6.07, 6.45) is 0.724. The molecule has 6 nitrogen and oxygen atoms in total. The zero-order valence-electron chi connectivity index (χ0n) is 21.1. The molecular weight excluding hydrogens is 430 g/mol. The molecule has 1 saturated heterocycles. The van der Waals surface area contributed by atoms with E-state index < -0.39 is 17.7 Å². The molecule has 6 heteroatoms. The standard InChI is InChI=1S/C28H35NO5/c1-8-13-29-25(19-9-11-20(12-10-19)34-17(4)5)24(27(31)28(29)32)26(30)22-15-21(16(2)3)23(33-7)14-18(22)6/h9-12,14-17,25,30H,8,13H2,1-7H3/b26-24+. The summed E-state index contributed by atoms with van der Waals surface area (Å²) in [4.78, 5) is 27.7. The number of amides is 1. The lowest BCUT2D eigenvalue weighted by atomic mass is 9.91. The molecule has 3 rings (SSSR count). The second-order valence-electron chi connectivity index (χ2n) is 9.29. The number of likely N-dealkylation sites (tertiary alicyclic amines) is 1. The molecule has 1 aliphatic heterocycles. The Hall–Kier alpha value is -3.28. The van der Waals surface area contributed by atoms with Gasteiger partial charge in [0, 0.05) is 12.1 Å². The van der Waals surface area contributed by atoms with Crippen LogP contribution in [0.5, 0.6) is 11.5 Å². The lowest BCUT2D eigenvalue weighted by Crippen LogP contribution is -2.30. The number of aliphatic hydroxyl groups excluding tert-OH is 1. The SMILES string of the molecule is CCCN1C(=O)C(=O)/C(=C(/O)c2cc(C(C)C)c(OC)cc2C)C1c1ccc(OC(C)C)cc1. The third-order valence-corrected chi connectivity index (χ3v) is 6.03. The first-order valence-corrected chi connectivity index (χ1v) is 11.8. The molecule has 0 aromatic heterocycles. The number of aryl methyl sites for hydroxylation is 1. The first-order valence-electron chi connectivity index (χ1n) is 11.8. The summed E-state index contributed by atoms with van der Waals surface area (Å²) < 4.78 is 11.3.